The second kappa shape index (κ2) is 7.14. The minimum Gasteiger partial charge on any atom is -0.508 e. The van der Waals surface area contributed by atoms with E-state index in [9.17, 15) is 9.90 Å². The average Bonchev–Trinajstić information content (AvgIpc) is 3.09. The van der Waals surface area contributed by atoms with Crippen LogP contribution in [-0.2, 0) is 11.4 Å². The van der Waals surface area contributed by atoms with Crippen molar-refractivity contribution in [1.29, 1.82) is 0 Å². The number of carbonyl (C=O) groups is 1. The minimum absolute atomic E-state index is 0.000532. The average molecular weight is 409 g/mol. The molecule has 0 spiro atoms. The van der Waals surface area contributed by atoms with Crippen molar-refractivity contribution in [3.63, 3.8) is 0 Å². The predicted molar refractivity (Wildman–Crippen MR) is 101 cm³/mol. The van der Waals surface area contributed by atoms with Crippen molar-refractivity contribution < 1.29 is 15.0 Å². The highest BCUT2D eigenvalue weighted by atomic mass is 35.5. The first-order chi connectivity index (χ1) is 13.0. The fourth-order valence-corrected chi connectivity index (χ4v) is 4.37. The first kappa shape index (κ1) is 18.3. The summed E-state index contributed by atoms with van der Waals surface area (Å²) in [5.74, 6) is 0.628. The third-order valence-corrected chi connectivity index (χ3v) is 6.01. The van der Waals surface area contributed by atoms with Gasteiger partial charge < -0.3 is 20.0 Å². The lowest BCUT2D eigenvalue weighted by molar-refractivity contribution is -0.132. The number of amides is 1. The number of fused-ring (bicyclic) bond motifs is 1. The maximum Gasteiger partial charge on any atom is 0.242 e. The van der Waals surface area contributed by atoms with Crippen LogP contribution >= 0.6 is 23.2 Å². The maximum absolute atomic E-state index is 12.7. The number of anilines is 1. The Balaban J connectivity index is 1.56. The summed E-state index contributed by atoms with van der Waals surface area (Å²) < 4.78 is 0. The maximum atomic E-state index is 12.7. The van der Waals surface area contributed by atoms with Crippen LogP contribution in [0.15, 0.2) is 24.5 Å². The molecule has 3 heterocycles. The number of hydrogen-bond acceptors (Lipinski definition) is 6. The summed E-state index contributed by atoms with van der Waals surface area (Å²) in [6.45, 7) is 1.16. The molecule has 0 aliphatic carbocycles. The highest BCUT2D eigenvalue weighted by molar-refractivity contribution is 6.42. The number of aromatic hydroxyl groups is 1. The number of aliphatic hydroxyl groups excluding tert-OH is 1. The van der Waals surface area contributed by atoms with Gasteiger partial charge in [0.1, 0.15) is 11.6 Å². The van der Waals surface area contributed by atoms with Gasteiger partial charge in [-0.2, -0.15) is 0 Å². The summed E-state index contributed by atoms with van der Waals surface area (Å²) in [4.78, 5) is 24.8. The second-order valence-corrected chi connectivity index (χ2v) is 7.62. The first-order valence-corrected chi connectivity index (χ1v) is 9.36. The summed E-state index contributed by atoms with van der Waals surface area (Å²) in [6, 6.07) is 3.09. The molecule has 2 aliphatic heterocycles. The zero-order valence-electron chi connectivity index (χ0n) is 14.3. The number of rotatable bonds is 3. The van der Waals surface area contributed by atoms with Crippen LogP contribution in [0, 0.1) is 0 Å². The Bertz CT molecular complexity index is 878. The molecule has 27 heavy (non-hydrogen) atoms. The molecule has 2 atom stereocenters. The molecule has 0 radical (unpaired) electrons. The van der Waals surface area contributed by atoms with Crippen molar-refractivity contribution in [3.05, 3.63) is 45.8 Å². The van der Waals surface area contributed by atoms with E-state index >= 15 is 0 Å². The molecule has 2 aliphatic rings. The van der Waals surface area contributed by atoms with Crippen molar-refractivity contribution in [2.75, 3.05) is 24.5 Å². The topological polar surface area (TPSA) is 89.8 Å². The van der Waals surface area contributed by atoms with Crippen LogP contribution in [0.4, 0.5) is 5.82 Å². The molecule has 7 nitrogen and oxygen atoms in total. The summed E-state index contributed by atoms with van der Waals surface area (Å²) >= 11 is 12.4. The summed E-state index contributed by atoms with van der Waals surface area (Å²) in [5.41, 5.74) is 1.08. The van der Waals surface area contributed by atoms with Crippen LogP contribution in [0.2, 0.25) is 10.0 Å². The van der Waals surface area contributed by atoms with Crippen molar-refractivity contribution in [1.82, 2.24) is 14.9 Å². The van der Waals surface area contributed by atoms with E-state index in [2.05, 4.69) is 9.97 Å². The van der Waals surface area contributed by atoms with E-state index in [1.807, 2.05) is 9.80 Å². The molecule has 142 valence electrons. The number of aliphatic hydroxyl groups is 1. The molecule has 9 heteroatoms. The lowest BCUT2D eigenvalue weighted by Gasteiger charge is -2.37. The number of piperazine rings is 1. The second-order valence-electron chi connectivity index (χ2n) is 6.83. The summed E-state index contributed by atoms with van der Waals surface area (Å²) in [5, 5.41) is 20.1. The predicted octanol–water partition coefficient (Wildman–Crippen LogP) is 2.19. The van der Waals surface area contributed by atoms with Gasteiger partial charge in [-0.05, 0) is 18.6 Å². The lowest BCUT2D eigenvalue weighted by Crippen LogP contribution is -2.54. The Morgan fingerprint density at radius 1 is 1.19 bits per heavy atom. The van der Waals surface area contributed by atoms with Gasteiger partial charge in [-0.3, -0.25) is 9.78 Å². The SMILES string of the molecule is O=C1CN(c2cnc(CO)cn2)C[C@@H]2C[C@H](c3c(O)ccc(Cl)c3Cl)CN12. The van der Waals surface area contributed by atoms with Gasteiger partial charge in [0.2, 0.25) is 5.91 Å². The number of nitrogens with zero attached hydrogens (tertiary/aromatic N) is 4. The monoisotopic (exact) mass is 408 g/mol. The van der Waals surface area contributed by atoms with E-state index in [-0.39, 0.29) is 36.8 Å². The molecule has 1 amide bonds. The van der Waals surface area contributed by atoms with E-state index in [4.69, 9.17) is 28.3 Å². The molecule has 2 aromatic rings. The fraction of sp³-hybridized carbons (Fsp3) is 0.389. The standard InChI is InChI=1S/C18H18Cl2N4O3/c19-13-1-2-14(26)17(18(13)20)10-3-12-7-23(8-16(27)24(12)6-10)15-5-21-11(9-25)4-22-15/h1-2,4-5,10,12,25-26H,3,6-9H2/t10-,12-/m0/s1. The number of phenolic OH excluding ortho intramolecular Hbond substituents is 1. The lowest BCUT2D eigenvalue weighted by atomic mass is 9.95. The molecule has 4 rings (SSSR count). The summed E-state index contributed by atoms with van der Waals surface area (Å²) in [6.07, 6.45) is 3.76. The van der Waals surface area contributed by atoms with E-state index in [1.165, 1.54) is 12.3 Å². The zero-order chi connectivity index (χ0) is 19.1. The molecule has 2 N–H and O–H groups in total. The largest absolute Gasteiger partial charge is 0.508 e. The molecule has 1 aromatic carbocycles. The van der Waals surface area contributed by atoms with E-state index in [1.54, 1.807) is 12.3 Å². The Morgan fingerprint density at radius 2 is 2.00 bits per heavy atom. The zero-order valence-corrected chi connectivity index (χ0v) is 15.9. The van der Waals surface area contributed by atoms with Gasteiger partial charge in [-0.1, -0.05) is 23.2 Å². The number of carbonyl (C=O) groups excluding carboxylic acids is 1. The smallest absolute Gasteiger partial charge is 0.242 e. The Hall–Kier alpha value is -2.09. The highest BCUT2D eigenvalue weighted by Gasteiger charge is 2.42. The van der Waals surface area contributed by atoms with Crippen molar-refractivity contribution in [3.8, 4) is 5.75 Å². The molecule has 0 unspecified atom stereocenters. The number of hydrogen-bond donors (Lipinski definition) is 2. The Kier molecular flexibility index (Phi) is 4.84. The fourth-order valence-electron chi connectivity index (χ4n) is 3.89. The van der Waals surface area contributed by atoms with Crippen molar-refractivity contribution >= 4 is 34.9 Å². The third-order valence-electron chi connectivity index (χ3n) is 5.19. The van der Waals surface area contributed by atoms with E-state index in [0.29, 0.717) is 46.6 Å². The molecule has 0 bridgehead atoms. The number of aromatic nitrogens is 2. The molecule has 2 fully saturated rings. The van der Waals surface area contributed by atoms with Gasteiger partial charge in [-0.15, -0.1) is 0 Å². The minimum atomic E-state index is -0.172. The van der Waals surface area contributed by atoms with Crippen LogP contribution in [0.3, 0.4) is 0 Å². The van der Waals surface area contributed by atoms with Gasteiger partial charge in [0, 0.05) is 30.6 Å². The van der Waals surface area contributed by atoms with Gasteiger partial charge >= 0.3 is 0 Å². The van der Waals surface area contributed by atoms with Crippen LogP contribution in [0.5, 0.6) is 5.75 Å². The van der Waals surface area contributed by atoms with Gasteiger partial charge in [-0.25, -0.2) is 4.98 Å². The van der Waals surface area contributed by atoms with Crippen LogP contribution in [-0.4, -0.2) is 56.7 Å². The summed E-state index contributed by atoms with van der Waals surface area (Å²) in [7, 11) is 0. The van der Waals surface area contributed by atoms with Gasteiger partial charge in [0.05, 0.1) is 41.3 Å². The van der Waals surface area contributed by atoms with Gasteiger partial charge in [0.25, 0.3) is 0 Å². The van der Waals surface area contributed by atoms with Crippen LogP contribution < -0.4 is 4.90 Å². The number of benzene rings is 1. The Morgan fingerprint density at radius 3 is 2.70 bits per heavy atom. The van der Waals surface area contributed by atoms with E-state index < -0.39 is 0 Å². The third kappa shape index (κ3) is 3.31. The Labute approximate surface area is 166 Å². The molecular weight excluding hydrogens is 391 g/mol. The quantitative estimate of drug-likeness (QED) is 0.808. The first-order valence-electron chi connectivity index (χ1n) is 8.61. The van der Waals surface area contributed by atoms with Crippen molar-refractivity contribution in [2.24, 2.45) is 0 Å². The molecule has 1 aromatic heterocycles. The number of halogens is 2. The highest BCUT2D eigenvalue weighted by Crippen LogP contribution is 2.43. The van der Waals surface area contributed by atoms with Gasteiger partial charge in [0.15, 0.2) is 0 Å². The van der Waals surface area contributed by atoms with E-state index in [0.717, 1.165) is 0 Å². The molecular formula is C18H18Cl2N4O3. The van der Waals surface area contributed by atoms with Crippen molar-refractivity contribution in [2.45, 2.75) is 25.0 Å². The molecule has 2 saturated heterocycles. The number of phenols is 1. The normalized spacial score (nSPS) is 22.3. The van der Waals surface area contributed by atoms with Crippen LogP contribution in [0.25, 0.3) is 0 Å². The molecule has 0 saturated carbocycles. The van der Waals surface area contributed by atoms with Crippen LogP contribution in [0.1, 0.15) is 23.6 Å².